The van der Waals surface area contributed by atoms with Gasteiger partial charge in [-0.15, -0.1) is 0 Å². The second kappa shape index (κ2) is 13.0. The SMILES string of the molecule is CCCCN(CCCN)C(=O)CN1CC(c2ccc3c(c2)CCO3)C(C(=O)O)C1CCc1ccccn1. The zero-order valence-electron chi connectivity index (χ0n) is 21.8. The normalized spacial score (nSPS) is 21.0. The number of nitrogens with zero attached hydrogens (tertiary/aromatic N) is 3. The highest BCUT2D eigenvalue weighted by molar-refractivity contribution is 5.79. The molecule has 8 heteroatoms. The lowest BCUT2D eigenvalue weighted by molar-refractivity contribution is -0.143. The fourth-order valence-electron chi connectivity index (χ4n) is 5.74. The summed E-state index contributed by atoms with van der Waals surface area (Å²) >= 11 is 0. The Bertz CT molecular complexity index is 1040. The van der Waals surface area contributed by atoms with E-state index in [1.54, 1.807) is 6.20 Å². The lowest BCUT2D eigenvalue weighted by Crippen LogP contribution is -2.45. The molecule has 1 fully saturated rings. The molecule has 1 saturated heterocycles. The van der Waals surface area contributed by atoms with E-state index in [0.29, 0.717) is 45.6 Å². The molecule has 3 unspecified atom stereocenters. The van der Waals surface area contributed by atoms with Crippen LogP contribution in [0.15, 0.2) is 42.6 Å². The fourth-order valence-corrected chi connectivity index (χ4v) is 5.74. The summed E-state index contributed by atoms with van der Waals surface area (Å²) < 4.78 is 5.67. The number of carbonyl (C=O) groups excluding carboxylic acids is 1. The molecule has 2 aliphatic rings. The maximum atomic E-state index is 13.5. The molecule has 3 atom stereocenters. The first-order valence-corrected chi connectivity index (χ1v) is 13.6. The topological polar surface area (TPSA) is 109 Å². The van der Waals surface area contributed by atoms with Crippen LogP contribution in [0.5, 0.6) is 5.75 Å². The Morgan fingerprint density at radius 2 is 2.05 bits per heavy atom. The third kappa shape index (κ3) is 6.67. The highest BCUT2D eigenvalue weighted by Crippen LogP contribution is 2.41. The number of fused-ring (bicyclic) bond motifs is 1. The molecule has 1 amide bonds. The first-order valence-electron chi connectivity index (χ1n) is 13.6. The van der Waals surface area contributed by atoms with Crippen LogP contribution in [0.2, 0.25) is 0 Å². The quantitative estimate of drug-likeness (QED) is 0.428. The predicted octanol–water partition coefficient (Wildman–Crippen LogP) is 3.10. The molecule has 8 nitrogen and oxygen atoms in total. The zero-order valence-corrected chi connectivity index (χ0v) is 21.8. The molecule has 2 aliphatic heterocycles. The van der Waals surface area contributed by atoms with E-state index in [1.807, 2.05) is 35.2 Å². The Hall–Kier alpha value is -2.97. The van der Waals surface area contributed by atoms with Crippen LogP contribution < -0.4 is 10.5 Å². The molecule has 1 aromatic heterocycles. The number of nitrogens with two attached hydrogens (primary N) is 1. The van der Waals surface area contributed by atoms with E-state index in [4.69, 9.17) is 10.5 Å². The number of aryl methyl sites for hydroxylation is 1. The number of aliphatic carboxylic acids is 1. The number of carboxylic acid groups (broad SMARTS) is 1. The van der Waals surface area contributed by atoms with Crippen molar-refractivity contribution in [3.8, 4) is 5.75 Å². The minimum Gasteiger partial charge on any atom is -0.493 e. The number of carboxylic acids is 1. The fraction of sp³-hybridized carbons (Fsp3) is 0.552. The zero-order chi connectivity index (χ0) is 26.2. The van der Waals surface area contributed by atoms with Crippen LogP contribution in [-0.4, -0.2) is 77.1 Å². The van der Waals surface area contributed by atoms with Crippen LogP contribution in [0.25, 0.3) is 0 Å². The largest absolute Gasteiger partial charge is 0.493 e. The van der Waals surface area contributed by atoms with Gasteiger partial charge in [0, 0.05) is 49.9 Å². The van der Waals surface area contributed by atoms with E-state index in [2.05, 4.69) is 22.9 Å². The van der Waals surface area contributed by atoms with Crippen molar-refractivity contribution in [2.75, 3.05) is 39.3 Å². The van der Waals surface area contributed by atoms with Gasteiger partial charge in [-0.05, 0) is 61.6 Å². The van der Waals surface area contributed by atoms with Crippen LogP contribution in [0.4, 0.5) is 0 Å². The number of unbranched alkanes of at least 4 members (excludes halogenated alkanes) is 1. The molecule has 0 aliphatic carbocycles. The van der Waals surface area contributed by atoms with Crippen molar-refractivity contribution in [3.63, 3.8) is 0 Å². The summed E-state index contributed by atoms with van der Waals surface area (Å²) in [5.74, 6) is -0.674. The van der Waals surface area contributed by atoms with Crippen molar-refractivity contribution >= 4 is 11.9 Å². The number of rotatable bonds is 13. The third-order valence-electron chi connectivity index (χ3n) is 7.70. The number of likely N-dealkylation sites (tertiary alicyclic amines) is 1. The van der Waals surface area contributed by atoms with Crippen molar-refractivity contribution in [1.29, 1.82) is 0 Å². The van der Waals surface area contributed by atoms with Gasteiger partial charge in [-0.25, -0.2) is 0 Å². The number of amides is 1. The van der Waals surface area contributed by atoms with Gasteiger partial charge in [-0.1, -0.05) is 31.5 Å². The van der Waals surface area contributed by atoms with Crippen LogP contribution >= 0.6 is 0 Å². The summed E-state index contributed by atoms with van der Waals surface area (Å²) in [5, 5.41) is 10.4. The van der Waals surface area contributed by atoms with Crippen LogP contribution in [0, 0.1) is 5.92 Å². The molecular formula is C29H40N4O4. The van der Waals surface area contributed by atoms with Crippen molar-refractivity contribution < 1.29 is 19.4 Å². The highest BCUT2D eigenvalue weighted by Gasteiger charge is 2.47. The molecule has 0 radical (unpaired) electrons. The Kier molecular flexibility index (Phi) is 9.52. The molecular weight excluding hydrogens is 468 g/mol. The molecule has 37 heavy (non-hydrogen) atoms. The van der Waals surface area contributed by atoms with Crippen molar-refractivity contribution in [3.05, 3.63) is 59.4 Å². The first kappa shape index (κ1) is 27.1. The van der Waals surface area contributed by atoms with Gasteiger partial charge in [0.25, 0.3) is 0 Å². The van der Waals surface area contributed by atoms with Crippen molar-refractivity contribution in [2.24, 2.45) is 11.7 Å². The summed E-state index contributed by atoms with van der Waals surface area (Å²) in [4.78, 5) is 34.6. The summed E-state index contributed by atoms with van der Waals surface area (Å²) in [6.45, 7) is 5.41. The minimum atomic E-state index is -0.811. The van der Waals surface area contributed by atoms with E-state index in [-0.39, 0.29) is 24.4 Å². The third-order valence-corrected chi connectivity index (χ3v) is 7.70. The molecule has 0 saturated carbocycles. The number of hydrogen-bond donors (Lipinski definition) is 2. The molecule has 0 spiro atoms. The lowest BCUT2D eigenvalue weighted by atomic mass is 9.83. The monoisotopic (exact) mass is 508 g/mol. The van der Waals surface area contributed by atoms with Gasteiger partial charge in [-0.3, -0.25) is 19.5 Å². The predicted molar refractivity (Wildman–Crippen MR) is 143 cm³/mol. The average Bonchev–Trinajstić information content (AvgIpc) is 3.52. The lowest BCUT2D eigenvalue weighted by Gasteiger charge is -2.29. The average molecular weight is 509 g/mol. The minimum absolute atomic E-state index is 0.0527. The van der Waals surface area contributed by atoms with E-state index in [1.165, 1.54) is 0 Å². The van der Waals surface area contributed by atoms with Gasteiger partial charge in [0.2, 0.25) is 5.91 Å². The Morgan fingerprint density at radius 3 is 2.78 bits per heavy atom. The van der Waals surface area contributed by atoms with Crippen LogP contribution in [0.1, 0.15) is 55.3 Å². The molecule has 0 bridgehead atoms. The second-order valence-corrected chi connectivity index (χ2v) is 10.2. The molecule has 3 N–H and O–H groups in total. The maximum Gasteiger partial charge on any atom is 0.308 e. The van der Waals surface area contributed by atoms with E-state index < -0.39 is 11.9 Å². The Balaban J connectivity index is 1.59. The standard InChI is InChI=1S/C29H40N4O4/c1-2-3-15-32(16-6-13-30)27(34)20-33-19-24(21-8-11-26-22(18-21)12-17-37-26)28(29(35)36)25(33)10-9-23-7-4-5-14-31-23/h4-5,7-8,11,14,18,24-25,28H,2-3,6,9-10,12-13,15-17,19-20,30H2,1H3,(H,35,36). The number of ether oxygens (including phenoxy) is 1. The van der Waals surface area contributed by atoms with Gasteiger partial charge in [0.1, 0.15) is 5.75 Å². The number of benzene rings is 1. The second-order valence-electron chi connectivity index (χ2n) is 10.2. The summed E-state index contributed by atoms with van der Waals surface area (Å²) in [6, 6.07) is 11.6. The van der Waals surface area contributed by atoms with Gasteiger partial charge in [0.05, 0.1) is 19.1 Å². The Labute approximate surface area is 219 Å². The smallest absolute Gasteiger partial charge is 0.308 e. The number of pyridine rings is 1. The van der Waals surface area contributed by atoms with Crippen LogP contribution in [-0.2, 0) is 22.4 Å². The van der Waals surface area contributed by atoms with Gasteiger partial charge >= 0.3 is 5.97 Å². The summed E-state index contributed by atoms with van der Waals surface area (Å²) in [5.41, 5.74) is 8.81. The molecule has 3 heterocycles. The van der Waals surface area contributed by atoms with Crippen LogP contribution in [0.3, 0.4) is 0 Å². The van der Waals surface area contributed by atoms with Gasteiger partial charge < -0.3 is 20.5 Å². The number of hydrogen-bond acceptors (Lipinski definition) is 6. The van der Waals surface area contributed by atoms with E-state index in [9.17, 15) is 14.7 Å². The van der Waals surface area contributed by atoms with Crippen molar-refractivity contribution in [1.82, 2.24) is 14.8 Å². The number of carbonyl (C=O) groups is 2. The van der Waals surface area contributed by atoms with E-state index in [0.717, 1.165) is 48.3 Å². The molecule has 200 valence electrons. The highest BCUT2D eigenvalue weighted by atomic mass is 16.5. The molecule has 4 rings (SSSR count). The number of aromatic nitrogens is 1. The Morgan fingerprint density at radius 1 is 1.22 bits per heavy atom. The molecule has 1 aromatic carbocycles. The van der Waals surface area contributed by atoms with Gasteiger partial charge in [0.15, 0.2) is 0 Å². The van der Waals surface area contributed by atoms with E-state index >= 15 is 0 Å². The summed E-state index contributed by atoms with van der Waals surface area (Å²) in [7, 11) is 0. The van der Waals surface area contributed by atoms with Crippen molar-refractivity contribution in [2.45, 2.75) is 57.4 Å². The maximum absolute atomic E-state index is 13.5. The first-order chi connectivity index (χ1) is 18.0. The summed E-state index contributed by atoms with van der Waals surface area (Å²) in [6.07, 6.45) is 6.60. The van der Waals surface area contributed by atoms with Gasteiger partial charge in [-0.2, -0.15) is 0 Å². The molecule has 2 aromatic rings.